The lowest BCUT2D eigenvalue weighted by Gasteiger charge is -2.12. The van der Waals surface area contributed by atoms with E-state index in [1.807, 2.05) is 24.3 Å². The number of rotatable bonds is 4. The maximum atomic E-state index is 11.6. The molecule has 4 nitrogen and oxygen atoms in total. The molecule has 1 saturated carbocycles. The Morgan fingerprint density at radius 3 is 2.61 bits per heavy atom. The molecular formula is C14H18N2O2. The van der Waals surface area contributed by atoms with E-state index in [2.05, 4.69) is 10.6 Å². The number of nitrogens with one attached hydrogen (secondary N) is 2. The lowest BCUT2D eigenvalue weighted by molar-refractivity contribution is -0.117. The standard InChI is InChI=1S/C14H18N2O2/c17-14(10-1-2-10)16-11-3-5-12(6-4-11)18-13-7-8-15-9-13/h3-6,10,13,15H,1-2,7-9H2,(H,16,17)/t13-/m0/s1. The van der Waals surface area contributed by atoms with Gasteiger partial charge in [-0.25, -0.2) is 0 Å². The molecule has 2 N–H and O–H groups in total. The molecule has 1 aromatic carbocycles. The van der Waals surface area contributed by atoms with Gasteiger partial charge in [-0.2, -0.15) is 0 Å². The average Bonchev–Trinajstić information content (AvgIpc) is 3.11. The third kappa shape index (κ3) is 2.82. The summed E-state index contributed by atoms with van der Waals surface area (Å²) in [5, 5.41) is 6.19. The van der Waals surface area contributed by atoms with Crippen LogP contribution in [0.3, 0.4) is 0 Å². The van der Waals surface area contributed by atoms with Crippen LogP contribution in [0.2, 0.25) is 0 Å². The topological polar surface area (TPSA) is 50.4 Å². The molecule has 96 valence electrons. The highest BCUT2D eigenvalue weighted by Crippen LogP contribution is 2.30. The number of benzene rings is 1. The fourth-order valence-corrected chi connectivity index (χ4v) is 2.13. The lowest BCUT2D eigenvalue weighted by Crippen LogP contribution is -2.19. The fraction of sp³-hybridized carbons (Fsp3) is 0.500. The fourth-order valence-electron chi connectivity index (χ4n) is 2.13. The van der Waals surface area contributed by atoms with Gasteiger partial charge in [0, 0.05) is 18.2 Å². The molecule has 1 atom stereocenters. The van der Waals surface area contributed by atoms with Crippen molar-refractivity contribution in [2.45, 2.75) is 25.4 Å². The zero-order chi connectivity index (χ0) is 12.4. The van der Waals surface area contributed by atoms with Crippen LogP contribution in [-0.4, -0.2) is 25.1 Å². The summed E-state index contributed by atoms with van der Waals surface area (Å²) in [5.41, 5.74) is 0.851. The monoisotopic (exact) mass is 246 g/mol. The summed E-state index contributed by atoms with van der Waals surface area (Å²) < 4.78 is 5.82. The van der Waals surface area contributed by atoms with E-state index in [-0.39, 0.29) is 17.9 Å². The van der Waals surface area contributed by atoms with Crippen molar-refractivity contribution in [2.75, 3.05) is 18.4 Å². The van der Waals surface area contributed by atoms with Crippen LogP contribution >= 0.6 is 0 Å². The van der Waals surface area contributed by atoms with Gasteiger partial charge in [-0.15, -0.1) is 0 Å². The SMILES string of the molecule is O=C(Nc1ccc(O[C@H]2CCNC2)cc1)C1CC1. The first-order chi connectivity index (χ1) is 8.81. The summed E-state index contributed by atoms with van der Waals surface area (Å²) in [7, 11) is 0. The number of carbonyl (C=O) groups excluding carboxylic acids is 1. The van der Waals surface area contributed by atoms with Crippen LogP contribution < -0.4 is 15.4 Å². The summed E-state index contributed by atoms with van der Waals surface area (Å²) >= 11 is 0. The largest absolute Gasteiger partial charge is 0.489 e. The van der Waals surface area contributed by atoms with Gasteiger partial charge >= 0.3 is 0 Å². The lowest BCUT2D eigenvalue weighted by atomic mass is 10.2. The van der Waals surface area contributed by atoms with Crippen LogP contribution in [0, 0.1) is 5.92 Å². The third-order valence-electron chi connectivity index (χ3n) is 3.39. The first-order valence-electron chi connectivity index (χ1n) is 6.59. The van der Waals surface area contributed by atoms with E-state index in [9.17, 15) is 4.79 Å². The Balaban J connectivity index is 1.56. The number of carbonyl (C=O) groups is 1. The summed E-state index contributed by atoms with van der Waals surface area (Å²) in [5.74, 6) is 1.25. The molecule has 0 spiro atoms. The van der Waals surface area contributed by atoms with E-state index < -0.39 is 0 Å². The van der Waals surface area contributed by atoms with Gasteiger partial charge in [0.25, 0.3) is 0 Å². The van der Waals surface area contributed by atoms with Crippen molar-refractivity contribution >= 4 is 11.6 Å². The summed E-state index contributed by atoms with van der Waals surface area (Å²) in [6.45, 7) is 1.94. The zero-order valence-electron chi connectivity index (χ0n) is 10.3. The van der Waals surface area contributed by atoms with Crippen molar-refractivity contribution in [2.24, 2.45) is 5.92 Å². The molecule has 0 bridgehead atoms. The molecule has 1 saturated heterocycles. The Kier molecular flexibility index (Phi) is 3.19. The van der Waals surface area contributed by atoms with Gasteiger partial charge in [0.05, 0.1) is 0 Å². The molecule has 0 aromatic heterocycles. The zero-order valence-corrected chi connectivity index (χ0v) is 10.3. The maximum Gasteiger partial charge on any atom is 0.227 e. The molecule has 0 unspecified atom stereocenters. The highest BCUT2D eigenvalue weighted by molar-refractivity contribution is 5.94. The molecule has 4 heteroatoms. The second-order valence-electron chi connectivity index (χ2n) is 5.02. The van der Waals surface area contributed by atoms with Crippen LogP contribution in [0.25, 0.3) is 0 Å². The van der Waals surface area contributed by atoms with Gasteiger partial charge in [-0.1, -0.05) is 0 Å². The van der Waals surface area contributed by atoms with Gasteiger partial charge in [0.1, 0.15) is 11.9 Å². The van der Waals surface area contributed by atoms with Gasteiger partial charge in [-0.05, 0) is 50.1 Å². The van der Waals surface area contributed by atoms with Crippen molar-refractivity contribution in [3.8, 4) is 5.75 Å². The molecule has 2 aliphatic rings. The second kappa shape index (κ2) is 4.98. The molecule has 1 amide bonds. The van der Waals surface area contributed by atoms with Crippen molar-refractivity contribution in [3.63, 3.8) is 0 Å². The van der Waals surface area contributed by atoms with E-state index in [1.54, 1.807) is 0 Å². The molecule has 1 heterocycles. The quantitative estimate of drug-likeness (QED) is 0.851. The normalized spacial score (nSPS) is 22.8. The van der Waals surface area contributed by atoms with E-state index in [0.29, 0.717) is 0 Å². The van der Waals surface area contributed by atoms with Crippen LogP contribution in [0.5, 0.6) is 5.75 Å². The minimum absolute atomic E-state index is 0.142. The maximum absolute atomic E-state index is 11.6. The van der Waals surface area contributed by atoms with E-state index >= 15 is 0 Å². The number of hydrogen-bond acceptors (Lipinski definition) is 3. The predicted molar refractivity (Wildman–Crippen MR) is 69.7 cm³/mol. The number of ether oxygens (including phenoxy) is 1. The van der Waals surface area contributed by atoms with Crippen LogP contribution in [0.15, 0.2) is 24.3 Å². The van der Waals surface area contributed by atoms with Crippen molar-refractivity contribution < 1.29 is 9.53 Å². The highest BCUT2D eigenvalue weighted by atomic mass is 16.5. The molecule has 1 aliphatic heterocycles. The Bertz CT molecular complexity index is 420. The van der Waals surface area contributed by atoms with Crippen LogP contribution in [-0.2, 0) is 4.79 Å². The van der Waals surface area contributed by atoms with Crippen molar-refractivity contribution in [3.05, 3.63) is 24.3 Å². The number of amides is 1. The average molecular weight is 246 g/mol. The second-order valence-corrected chi connectivity index (χ2v) is 5.02. The predicted octanol–water partition coefficient (Wildman–Crippen LogP) is 1.78. The molecule has 2 fully saturated rings. The molecule has 3 rings (SSSR count). The Hall–Kier alpha value is -1.55. The van der Waals surface area contributed by atoms with Gasteiger partial charge in [0.2, 0.25) is 5.91 Å². The first-order valence-corrected chi connectivity index (χ1v) is 6.59. The van der Waals surface area contributed by atoms with E-state index in [1.165, 1.54) is 0 Å². The molecule has 1 aliphatic carbocycles. The molecule has 18 heavy (non-hydrogen) atoms. The molecule has 0 radical (unpaired) electrons. The Morgan fingerprint density at radius 1 is 1.22 bits per heavy atom. The van der Waals surface area contributed by atoms with Gasteiger partial charge < -0.3 is 15.4 Å². The molecular weight excluding hydrogens is 228 g/mol. The summed E-state index contributed by atoms with van der Waals surface area (Å²) in [6, 6.07) is 7.64. The van der Waals surface area contributed by atoms with Crippen molar-refractivity contribution in [1.29, 1.82) is 0 Å². The minimum Gasteiger partial charge on any atom is -0.489 e. The Labute approximate surface area is 107 Å². The summed E-state index contributed by atoms with van der Waals surface area (Å²) in [4.78, 5) is 11.6. The highest BCUT2D eigenvalue weighted by Gasteiger charge is 2.29. The Morgan fingerprint density at radius 2 is 2.00 bits per heavy atom. The van der Waals surface area contributed by atoms with E-state index in [4.69, 9.17) is 4.74 Å². The first kappa shape index (κ1) is 11.5. The van der Waals surface area contributed by atoms with Gasteiger partial charge in [-0.3, -0.25) is 4.79 Å². The van der Waals surface area contributed by atoms with Crippen LogP contribution in [0.4, 0.5) is 5.69 Å². The smallest absolute Gasteiger partial charge is 0.227 e. The summed E-state index contributed by atoms with van der Waals surface area (Å²) in [6.07, 6.45) is 3.39. The number of anilines is 1. The van der Waals surface area contributed by atoms with E-state index in [0.717, 1.165) is 43.8 Å². The van der Waals surface area contributed by atoms with Crippen LogP contribution in [0.1, 0.15) is 19.3 Å². The molecule has 1 aromatic rings. The minimum atomic E-state index is 0.142. The van der Waals surface area contributed by atoms with Crippen molar-refractivity contribution in [1.82, 2.24) is 5.32 Å². The number of hydrogen-bond donors (Lipinski definition) is 2. The van der Waals surface area contributed by atoms with Gasteiger partial charge in [0.15, 0.2) is 0 Å². The third-order valence-corrected chi connectivity index (χ3v) is 3.39.